The lowest BCUT2D eigenvalue weighted by Crippen LogP contribution is -2.34. The standard InChI is InChI=1S/C7H5NO5/c1-2-6(11)13-8-5(10)3-4(9)7(8)12/h1,4,9H,3H2. The first kappa shape index (κ1) is 9.22. The van der Waals surface area contributed by atoms with Crippen LogP contribution in [0.1, 0.15) is 6.42 Å². The number of hydroxylamine groups is 2. The minimum Gasteiger partial charge on any atom is -0.383 e. The Morgan fingerprint density at radius 3 is 2.69 bits per heavy atom. The largest absolute Gasteiger partial charge is 0.408 e. The Bertz CT molecular complexity index is 315. The molecular formula is C7H5NO5. The van der Waals surface area contributed by atoms with Gasteiger partial charge in [0.05, 0.1) is 6.42 Å². The van der Waals surface area contributed by atoms with Gasteiger partial charge in [0.25, 0.3) is 11.8 Å². The quantitative estimate of drug-likeness (QED) is 0.383. The van der Waals surface area contributed by atoms with E-state index in [-0.39, 0.29) is 5.06 Å². The van der Waals surface area contributed by atoms with Crippen LogP contribution >= 0.6 is 0 Å². The van der Waals surface area contributed by atoms with Crippen LogP contribution in [0.2, 0.25) is 0 Å². The third-order valence-electron chi connectivity index (χ3n) is 1.37. The van der Waals surface area contributed by atoms with E-state index in [1.54, 1.807) is 5.92 Å². The number of carbonyl (C=O) groups excluding carboxylic acids is 3. The van der Waals surface area contributed by atoms with Crippen molar-refractivity contribution in [2.75, 3.05) is 0 Å². The molecule has 68 valence electrons. The molecule has 0 saturated carbocycles. The molecule has 1 fully saturated rings. The first-order chi connectivity index (χ1) is 6.06. The molecule has 2 amide bonds. The summed E-state index contributed by atoms with van der Waals surface area (Å²) in [6.07, 6.45) is 2.80. The first-order valence-corrected chi connectivity index (χ1v) is 3.29. The summed E-state index contributed by atoms with van der Waals surface area (Å²) in [5, 5.41) is 9.04. The summed E-state index contributed by atoms with van der Waals surface area (Å²) in [7, 11) is 0. The van der Waals surface area contributed by atoms with Gasteiger partial charge in [-0.3, -0.25) is 9.59 Å². The molecule has 1 saturated heterocycles. The van der Waals surface area contributed by atoms with Gasteiger partial charge in [0.15, 0.2) is 0 Å². The minimum absolute atomic E-state index is 0.173. The Kier molecular flexibility index (Phi) is 2.30. The lowest BCUT2D eigenvalue weighted by molar-refractivity contribution is -0.194. The highest BCUT2D eigenvalue weighted by Crippen LogP contribution is 2.12. The molecular weight excluding hydrogens is 178 g/mol. The molecule has 1 aliphatic rings. The Morgan fingerprint density at radius 2 is 2.31 bits per heavy atom. The van der Waals surface area contributed by atoms with E-state index in [1.165, 1.54) is 0 Å². The van der Waals surface area contributed by atoms with Crippen LogP contribution in [-0.2, 0) is 19.2 Å². The second-order valence-corrected chi connectivity index (χ2v) is 2.27. The summed E-state index contributed by atoms with van der Waals surface area (Å²) < 4.78 is 0. The molecule has 1 N–H and O–H groups in total. The molecule has 1 atom stereocenters. The van der Waals surface area contributed by atoms with Gasteiger partial charge in [-0.15, -0.1) is 6.42 Å². The summed E-state index contributed by atoms with van der Waals surface area (Å²) in [5.41, 5.74) is 0. The molecule has 0 aromatic heterocycles. The van der Waals surface area contributed by atoms with Crippen LogP contribution in [0.4, 0.5) is 0 Å². The number of hydrogen-bond donors (Lipinski definition) is 1. The van der Waals surface area contributed by atoms with Gasteiger partial charge in [-0.1, -0.05) is 5.06 Å². The van der Waals surface area contributed by atoms with Gasteiger partial charge in [0, 0.05) is 5.92 Å². The summed E-state index contributed by atoms with van der Waals surface area (Å²) in [6.45, 7) is 0. The molecule has 1 rings (SSSR count). The van der Waals surface area contributed by atoms with E-state index in [9.17, 15) is 14.4 Å². The average Bonchev–Trinajstić information content (AvgIpc) is 2.32. The lowest BCUT2D eigenvalue weighted by Gasteiger charge is -2.09. The van der Waals surface area contributed by atoms with E-state index in [1.807, 2.05) is 0 Å². The van der Waals surface area contributed by atoms with Crippen molar-refractivity contribution in [3.05, 3.63) is 0 Å². The third-order valence-corrected chi connectivity index (χ3v) is 1.37. The van der Waals surface area contributed by atoms with Gasteiger partial charge in [0.2, 0.25) is 0 Å². The van der Waals surface area contributed by atoms with Crippen molar-refractivity contribution < 1.29 is 24.3 Å². The molecule has 0 radical (unpaired) electrons. The van der Waals surface area contributed by atoms with Gasteiger partial charge in [-0.2, -0.15) is 0 Å². The molecule has 1 heterocycles. The fourth-order valence-corrected chi connectivity index (χ4v) is 0.799. The normalized spacial score (nSPS) is 21.5. The summed E-state index contributed by atoms with van der Waals surface area (Å²) in [5.74, 6) is -1.37. The summed E-state index contributed by atoms with van der Waals surface area (Å²) in [6, 6.07) is 0. The Morgan fingerprint density at radius 1 is 1.69 bits per heavy atom. The van der Waals surface area contributed by atoms with Gasteiger partial charge in [-0.05, 0) is 0 Å². The maximum Gasteiger partial charge on any atom is 0.408 e. The molecule has 6 nitrogen and oxygen atoms in total. The maximum absolute atomic E-state index is 10.9. The lowest BCUT2D eigenvalue weighted by atomic mass is 10.3. The third kappa shape index (κ3) is 1.65. The molecule has 13 heavy (non-hydrogen) atoms. The highest BCUT2D eigenvalue weighted by atomic mass is 16.7. The minimum atomic E-state index is -1.45. The number of terminal acetylenes is 1. The van der Waals surface area contributed by atoms with E-state index >= 15 is 0 Å². The first-order valence-electron chi connectivity index (χ1n) is 3.29. The van der Waals surface area contributed by atoms with Crippen molar-refractivity contribution in [2.45, 2.75) is 12.5 Å². The zero-order chi connectivity index (χ0) is 10.0. The van der Waals surface area contributed by atoms with E-state index in [2.05, 4.69) is 11.3 Å². The maximum atomic E-state index is 10.9. The predicted molar refractivity (Wildman–Crippen MR) is 37.4 cm³/mol. The Hall–Kier alpha value is -1.87. The molecule has 0 bridgehead atoms. The molecule has 0 spiro atoms. The van der Waals surface area contributed by atoms with Crippen LogP contribution in [0, 0.1) is 12.3 Å². The molecule has 0 aromatic carbocycles. The smallest absolute Gasteiger partial charge is 0.383 e. The van der Waals surface area contributed by atoms with Crippen molar-refractivity contribution in [1.29, 1.82) is 0 Å². The van der Waals surface area contributed by atoms with Crippen molar-refractivity contribution in [1.82, 2.24) is 5.06 Å². The summed E-state index contributed by atoms with van der Waals surface area (Å²) >= 11 is 0. The number of imide groups is 1. The van der Waals surface area contributed by atoms with E-state index in [4.69, 9.17) is 5.11 Å². The van der Waals surface area contributed by atoms with Crippen LogP contribution in [0.3, 0.4) is 0 Å². The SMILES string of the molecule is C#CC(=O)ON1C(=O)CC(O)C1=O. The highest BCUT2D eigenvalue weighted by Gasteiger charge is 2.40. The van der Waals surface area contributed by atoms with Crippen LogP contribution in [0.5, 0.6) is 0 Å². The second-order valence-electron chi connectivity index (χ2n) is 2.27. The number of nitrogens with zero attached hydrogens (tertiary/aromatic N) is 1. The van der Waals surface area contributed by atoms with Crippen molar-refractivity contribution in [2.24, 2.45) is 0 Å². The topological polar surface area (TPSA) is 83.9 Å². The van der Waals surface area contributed by atoms with E-state index < -0.39 is 30.3 Å². The average molecular weight is 183 g/mol. The van der Waals surface area contributed by atoms with Crippen LogP contribution in [0.15, 0.2) is 0 Å². The number of carbonyl (C=O) groups is 3. The molecule has 1 unspecified atom stereocenters. The fourth-order valence-electron chi connectivity index (χ4n) is 0.799. The van der Waals surface area contributed by atoms with Crippen molar-refractivity contribution in [3.63, 3.8) is 0 Å². The summed E-state index contributed by atoms with van der Waals surface area (Å²) in [4.78, 5) is 36.4. The molecule has 0 aromatic rings. The van der Waals surface area contributed by atoms with Crippen molar-refractivity contribution in [3.8, 4) is 12.3 Å². The van der Waals surface area contributed by atoms with Gasteiger partial charge in [-0.25, -0.2) is 4.79 Å². The van der Waals surface area contributed by atoms with E-state index in [0.29, 0.717) is 0 Å². The van der Waals surface area contributed by atoms with Crippen LogP contribution in [-0.4, -0.2) is 34.1 Å². The van der Waals surface area contributed by atoms with Gasteiger partial charge in [0.1, 0.15) is 6.10 Å². The number of amides is 2. The highest BCUT2D eigenvalue weighted by molar-refractivity contribution is 6.05. The molecule has 6 heteroatoms. The second kappa shape index (κ2) is 3.25. The van der Waals surface area contributed by atoms with Crippen molar-refractivity contribution >= 4 is 17.8 Å². The zero-order valence-corrected chi connectivity index (χ0v) is 6.39. The number of hydrogen-bond acceptors (Lipinski definition) is 5. The number of aliphatic hydroxyl groups is 1. The Balaban J connectivity index is 2.71. The van der Waals surface area contributed by atoms with Gasteiger partial charge < -0.3 is 9.94 Å². The molecule has 1 aliphatic heterocycles. The number of aliphatic hydroxyl groups excluding tert-OH is 1. The predicted octanol–water partition coefficient (Wildman–Crippen LogP) is -1.80. The Labute approximate surface area is 73.0 Å². The monoisotopic (exact) mass is 183 g/mol. The fraction of sp³-hybridized carbons (Fsp3) is 0.286. The molecule has 0 aliphatic carbocycles. The van der Waals surface area contributed by atoms with Crippen LogP contribution in [0.25, 0.3) is 0 Å². The van der Waals surface area contributed by atoms with E-state index in [0.717, 1.165) is 0 Å². The van der Waals surface area contributed by atoms with Crippen LogP contribution < -0.4 is 0 Å². The number of rotatable bonds is 1. The zero-order valence-electron chi connectivity index (χ0n) is 6.39. The van der Waals surface area contributed by atoms with Gasteiger partial charge >= 0.3 is 5.97 Å².